The molecule has 4 heterocycles. The molecule has 0 unspecified atom stereocenters. The first kappa shape index (κ1) is 39.1. The number of cyclic esters (lactones) is 1. The summed E-state index contributed by atoms with van der Waals surface area (Å²) < 4.78 is 25.2. The van der Waals surface area contributed by atoms with E-state index >= 15 is 0 Å². The lowest BCUT2D eigenvalue weighted by atomic mass is 9.74. The Morgan fingerprint density at radius 1 is 1.04 bits per heavy atom. The Labute approximate surface area is 288 Å². The Balaban J connectivity index is 1.63. The third-order valence-electron chi connectivity index (χ3n) is 12.1. The van der Waals surface area contributed by atoms with E-state index in [2.05, 4.69) is 23.8 Å². The van der Waals surface area contributed by atoms with E-state index in [9.17, 15) is 19.5 Å². The lowest BCUT2D eigenvalue weighted by Gasteiger charge is -2.49. The van der Waals surface area contributed by atoms with Crippen LogP contribution in [0.25, 0.3) is 0 Å². The van der Waals surface area contributed by atoms with Crippen molar-refractivity contribution in [2.45, 2.75) is 128 Å². The molecule has 0 aromatic carbocycles. The fourth-order valence-electron chi connectivity index (χ4n) is 8.72. The summed E-state index contributed by atoms with van der Waals surface area (Å²) >= 11 is 0. The van der Waals surface area contributed by atoms with Gasteiger partial charge in [-0.25, -0.2) is 0 Å². The van der Waals surface area contributed by atoms with Gasteiger partial charge in [-0.1, -0.05) is 13.8 Å². The zero-order valence-electron chi connectivity index (χ0n) is 31.5. The maximum Gasteiger partial charge on any atom is 0.319 e. The molecule has 9 atom stereocenters. The Kier molecular flexibility index (Phi) is 12.5. The number of esters is 1. The van der Waals surface area contributed by atoms with Gasteiger partial charge in [-0.3, -0.25) is 24.2 Å². The van der Waals surface area contributed by atoms with E-state index in [0.29, 0.717) is 45.3 Å². The zero-order valence-corrected chi connectivity index (χ0v) is 31.5. The SMILES string of the molecule is CO[C@]1(C)C[C@@H](C)CN(C)C2(CCN(C(=O)[C@@H]3CCCN3C)CC2)COC(=O)C(C)(C)C(=O)[C@H](C)[C@H]1O[C@@H]1O[C@H](C)C[C@H](N(C)C)[C@H]1O. The van der Waals surface area contributed by atoms with Crippen LogP contribution in [-0.4, -0.2) is 158 Å². The Hall–Kier alpha value is -1.67. The van der Waals surface area contributed by atoms with Gasteiger partial charge in [-0.05, 0) is 107 Å². The monoisotopic (exact) mass is 680 g/mol. The average molecular weight is 681 g/mol. The molecule has 0 aromatic rings. The highest BCUT2D eigenvalue weighted by Gasteiger charge is 2.52. The van der Waals surface area contributed by atoms with Gasteiger partial charge in [0, 0.05) is 38.7 Å². The quantitative estimate of drug-likeness (QED) is 0.341. The molecule has 276 valence electrons. The van der Waals surface area contributed by atoms with Crippen LogP contribution in [0.1, 0.15) is 80.1 Å². The molecule has 4 rings (SSSR count). The Morgan fingerprint density at radius 3 is 2.25 bits per heavy atom. The lowest BCUT2D eigenvalue weighted by molar-refractivity contribution is -0.295. The topological polar surface area (TPSA) is 121 Å². The summed E-state index contributed by atoms with van der Waals surface area (Å²) in [6, 6.07) is -0.258. The molecule has 12 nitrogen and oxygen atoms in total. The van der Waals surface area contributed by atoms with Crippen molar-refractivity contribution in [3.05, 3.63) is 0 Å². The molecule has 4 saturated heterocycles. The van der Waals surface area contributed by atoms with Gasteiger partial charge in [0.1, 0.15) is 18.1 Å². The molecular weight excluding hydrogens is 616 g/mol. The summed E-state index contributed by atoms with van der Waals surface area (Å²) in [6.07, 6.45) is 1.49. The van der Waals surface area contributed by atoms with E-state index in [1.807, 2.05) is 44.8 Å². The highest BCUT2D eigenvalue weighted by Crippen LogP contribution is 2.40. The molecule has 0 aromatic heterocycles. The number of amides is 1. The summed E-state index contributed by atoms with van der Waals surface area (Å²) in [5.74, 6) is -1.42. The van der Waals surface area contributed by atoms with Crippen molar-refractivity contribution in [1.29, 1.82) is 0 Å². The lowest BCUT2D eigenvalue weighted by Crippen LogP contribution is -2.60. The largest absolute Gasteiger partial charge is 0.463 e. The predicted molar refractivity (Wildman–Crippen MR) is 182 cm³/mol. The second-order valence-corrected chi connectivity index (χ2v) is 16.4. The van der Waals surface area contributed by atoms with Gasteiger partial charge in [0.2, 0.25) is 5.91 Å². The number of carbonyl (C=O) groups is 3. The van der Waals surface area contributed by atoms with E-state index in [-0.39, 0.29) is 42.4 Å². The number of aliphatic hydroxyl groups is 1. The summed E-state index contributed by atoms with van der Waals surface area (Å²) in [4.78, 5) is 50.0. The maximum atomic E-state index is 14.3. The van der Waals surface area contributed by atoms with Crippen LogP contribution in [0.4, 0.5) is 0 Å². The molecule has 48 heavy (non-hydrogen) atoms. The molecule has 1 N–H and O–H groups in total. The third-order valence-corrected chi connectivity index (χ3v) is 12.1. The number of aliphatic hydroxyl groups excluding tert-OH is 1. The summed E-state index contributed by atoms with van der Waals surface area (Å²) in [6.45, 7) is 14.0. The zero-order chi connectivity index (χ0) is 35.8. The van der Waals surface area contributed by atoms with Crippen molar-refractivity contribution in [3.8, 4) is 0 Å². The number of piperidine rings is 1. The van der Waals surface area contributed by atoms with Gasteiger partial charge in [0.05, 0.1) is 29.4 Å². The van der Waals surface area contributed by atoms with Crippen molar-refractivity contribution in [2.24, 2.45) is 17.3 Å². The van der Waals surface area contributed by atoms with Crippen molar-refractivity contribution < 1.29 is 38.4 Å². The average Bonchev–Trinajstić information content (AvgIpc) is 3.47. The number of ether oxygens (including phenoxy) is 4. The summed E-state index contributed by atoms with van der Waals surface area (Å²) in [5, 5.41) is 11.4. The molecular formula is C36H64N4O8. The number of Topliss-reactive ketones (excluding diaryl/α,β-unsaturated/α-hetero) is 1. The molecule has 12 heteroatoms. The molecule has 4 fully saturated rings. The second-order valence-electron chi connectivity index (χ2n) is 16.4. The molecule has 0 radical (unpaired) electrons. The van der Waals surface area contributed by atoms with Crippen LogP contribution >= 0.6 is 0 Å². The Bertz CT molecular complexity index is 1140. The van der Waals surface area contributed by atoms with Crippen LogP contribution in [0.15, 0.2) is 0 Å². The number of likely N-dealkylation sites (tertiary alicyclic amines) is 2. The van der Waals surface area contributed by atoms with Crippen LogP contribution in [0.5, 0.6) is 0 Å². The van der Waals surface area contributed by atoms with Crippen molar-refractivity contribution >= 4 is 17.7 Å². The Morgan fingerprint density at radius 2 is 1.69 bits per heavy atom. The third kappa shape index (κ3) is 7.95. The minimum atomic E-state index is -1.47. The van der Waals surface area contributed by atoms with Gasteiger partial charge in [0.15, 0.2) is 12.1 Å². The molecule has 4 aliphatic heterocycles. The first-order chi connectivity index (χ1) is 22.4. The van der Waals surface area contributed by atoms with Crippen LogP contribution in [-0.2, 0) is 33.3 Å². The first-order valence-electron chi connectivity index (χ1n) is 18.0. The van der Waals surface area contributed by atoms with E-state index in [0.717, 1.165) is 19.4 Å². The highest BCUT2D eigenvalue weighted by molar-refractivity contribution is 6.04. The van der Waals surface area contributed by atoms with Crippen molar-refractivity contribution in [2.75, 3.05) is 68.1 Å². The van der Waals surface area contributed by atoms with Gasteiger partial charge in [-0.15, -0.1) is 0 Å². The van der Waals surface area contributed by atoms with Crippen LogP contribution in [0.2, 0.25) is 0 Å². The minimum absolute atomic E-state index is 0.0672. The van der Waals surface area contributed by atoms with Crippen LogP contribution < -0.4 is 0 Å². The van der Waals surface area contributed by atoms with Gasteiger partial charge < -0.3 is 33.9 Å². The molecule has 0 aliphatic carbocycles. The highest BCUT2D eigenvalue weighted by atomic mass is 16.7. The number of nitrogens with zero attached hydrogens (tertiary/aromatic N) is 4. The number of hydrogen-bond acceptors (Lipinski definition) is 11. The second kappa shape index (κ2) is 15.3. The molecule has 1 spiro atoms. The minimum Gasteiger partial charge on any atom is -0.463 e. The van der Waals surface area contributed by atoms with E-state index in [1.54, 1.807) is 27.9 Å². The fourth-order valence-corrected chi connectivity index (χ4v) is 8.72. The van der Waals surface area contributed by atoms with E-state index < -0.39 is 46.9 Å². The predicted octanol–water partition coefficient (Wildman–Crippen LogP) is 2.40. The number of ketones is 1. The van der Waals surface area contributed by atoms with Crippen molar-refractivity contribution in [3.63, 3.8) is 0 Å². The van der Waals surface area contributed by atoms with Crippen molar-refractivity contribution in [1.82, 2.24) is 19.6 Å². The summed E-state index contributed by atoms with van der Waals surface area (Å²) in [7, 11) is 9.55. The number of likely N-dealkylation sites (N-methyl/N-ethyl adjacent to an activating group) is 3. The van der Waals surface area contributed by atoms with Crippen LogP contribution in [0, 0.1) is 17.3 Å². The molecule has 4 aliphatic rings. The first-order valence-corrected chi connectivity index (χ1v) is 18.0. The standard InChI is InChI=1S/C36H64N4O8/c1-23-20-35(6,45-11)30(48-32-28(41)27(37(7)8)19-24(2)47-32)25(3)29(42)34(4,5)33(44)46-22-36(39(10)21-23)14-17-40(18-15-36)31(43)26-13-12-16-38(26)9/h23-28,30,32,41H,12-22H2,1-11H3/t23-,24-,25+,26+,27+,28-,30-,32+,35-/m1/s1. The van der Waals surface area contributed by atoms with E-state index in [4.69, 9.17) is 18.9 Å². The van der Waals surface area contributed by atoms with Gasteiger partial charge in [-0.2, -0.15) is 0 Å². The molecule has 0 bridgehead atoms. The van der Waals surface area contributed by atoms with Gasteiger partial charge >= 0.3 is 5.97 Å². The molecule has 0 saturated carbocycles. The number of hydrogen-bond donors (Lipinski definition) is 1. The number of rotatable bonds is 5. The number of carbonyl (C=O) groups excluding carboxylic acids is 3. The number of methoxy groups -OCH3 is 1. The smallest absolute Gasteiger partial charge is 0.319 e. The van der Waals surface area contributed by atoms with Gasteiger partial charge in [0.25, 0.3) is 0 Å². The van der Waals surface area contributed by atoms with Crippen LogP contribution in [0.3, 0.4) is 0 Å². The fraction of sp³-hybridized carbons (Fsp3) is 0.917. The summed E-state index contributed by atoms with van der Waals surface area (Å²) in [5.41, 5.74) is -2.92. The van der Waals surface area contributed by atoms with E-state index in [1.165, 1.54) is 0 Å². The molecule has 1 amide bonds. The maximum absolute atomic E-state index is 14.3. The normalized spacial score (nSPS) is 39.1.